The van der Waals surface area contributed by atoms with E-state index in [9.17, 15) is 9.59 Å². The third-order valence-electron chi connectivity index (χ3n) is 2.52. The van der Waals surface area contributed by atoms with E-state index >= 15 is 0 Å². The quantitative estimate of drug-likeness (QED) is 0.773. The molecule has 0 saturated heterocycles. The number of carboxylic acids is 1. The van der Waals surface area contributed by atoms with Gasteiger partial charge in [-0.25, -0.2) is 14.8 Å². The van der Waals surface area contributed by atoms with E-state index in [1.165, 1.54) is 12.3 Å². The van der Waals surface area contributed by atoms with Crippen molar-refractivity contribution in [2.75, 3.05) is 0 Å². The van der Waals surface area contributed by atoms with E-state index in [0.717, 1.165) is 19.3 Å². The lowest BCUT2D eigenvalue weighted by Crippen LogP contribution is -2.39. The molecular formula is C10H11N3O3. The Morgan fingerprint density at radius 2 is 2.19 bits per heavy atom. The molecule has 0 bridgehead atoms. The number of carbonyl (C=O) groups is 2. The van der Waals surface area contributed by atoms with Crippen LogP contribution in [0.2, 0.25) is 0 Å². The Kier molecular flexibility index (Phi) is 2.80. The first-order valence-electron chi connectivity index (χ1n) is 5.04. The van der Waals surface area contributed by atoms with Crippen molar-refractivity contribution in [1.29, 1.82) is 0 Å². The van der Waals surface area contributed by atoms with Crippen molar-refractivity contribution in [3.63, 3.8) is 0 Å². The van der Waals surface area contributed by atoms with E-state index in [0.29, 0.717) is 0 Å². The highest BCUT2D eigenvalue weighted by Gasteiger charge is 2.21. The highest BCUT2D eigenvalue weighted by Crippen LogP contribution is 2.18. The summed E-state index contributed by atoms with van der Waals surface area (Å²) in [5, 5.41) is 11.5. The lowest BCUT2D eigenvalue weighted by atomic mass is 9.93. The predicted octanol–water partition coefficient (Wildman–Crippen LogP) is 0.457. The molecule has 0 unspecified atom stereocenters. The van der Waals surface area contributed by atoms with Gasteiger partial charge >= 0.3 is 5.97 Å². The molecule has 1 heterocycles. The van der Waals surface area contributed by atoms with Crippen LogP contribution in [0.25, 0.3) is 0 Å². The monoisotopic (exact) mass is 221 g/mol. The Morgan fingerprint density at radius 1 is 1.44 bits per heavy atom. The van der Waals surface area contributed by atoms with Crippen molar-refractivity contribution in [3.05, 3.63) is 23.8 Å². The third-order valence-corrected chi connectivity index (χ3v) is 2.52. The van der Waals surface area contributed by atoms with E-state index in [1.54, 1.807) is 0 Å². The number of aromatic nitrogens is 2. The highest BCUT2D eigenvalue weighted by molar-refractivity contribution is 5.93. The zero-order chi connectivity index (χ0) is 11.5. The average molecular weight is 221 g/mol. The van der Waals surface area contributed by atoms with E-state index in [-0.39, 0.29) is 23.5 Å². The first-order chi connectivity index (χ1) is 7.66. The fourth-order valence-corrected chi connectivity index (χ4v) is 1.40. The molecule has 6 nitrogen and oxygen atoms in total. The van der Waals surface area contributed by atoms with Crippen LogP contribution in [0.4, 0.5) is 0 Å². The van der Waals surface area contributed by atoms with Gasteiger partial charge in [-0.3, -0.25) is 4.79 Å². The molecule has 1 fully saturated rings. The molecule has 0 radical (unpaired) electrons. The summed E-state index contributed by atoms with van der Waals surface area (Å²) >= 11 is 0. The molecule has 0 spiro atoms. The molecular weight excluding hydrogens is 210 g/mol. The second-order valence-electron chi connectivity index (χ2n) is 3.67. The van der Waals surface area contributed by atoms with Crippen molar-refractivity contribution in [2.45, 2.75) is 25.3 Å². The van der Waals surface area contributed by atoms with Crippen LogP contribution >= 0.6 is 0 Å². The number of hydrogen-bond acceptors (Lipinski definition) is 4. The maximum absolute atomic E-state index is 11.6. The van der Waals surface area contributed by atoms with E-state index in [4.69, 9.17) is 5.11 Å². The van der Waals surface area contributed by atoms with Crippen LogP contribution in [0.3, 0.4) is 0 Å². The zero-order valence-corrected chi connectivity index (χ0v) is 8.51. The number of carbonyl (C=O) groups excluding carboxylic acids is 1. The van der Waals surface area contributed by atoms with Gasteiger partial charge in [0.1, 0.15) is 5.69 Å². The number of aromatic carboxylic acids is 1. The molecule has 1 aliphatic carbocycles. The second-order valence-corrected chi connectivity index (χ2v) is 3.67. The van der Waals surface area contributed by atoms with E-state index in [2.05, 4.69) is 15.3 Å². The third kappa shape index (κ3) is 2.16. The molecule has 1 aromatic heterocycles. The molecule has 84 valence electrons. The summed E-state index contributed by atoms with van der Waals surface area (Å²) in [6, 6.07) is 1.61. The normalized spacial score (nSPS) is 15.2. The predicted molar refractivity (Wildman–Crippen MR) is 54.1 cm³/mol. The second kappa shape index (κ2) is 4.26. The largest absolute Gasteiger partial charge is 0.475 e. The van der Waals surface area contributed by atoms with Gasteiger partial charge < -0.3 is 10.4 Å². The Morgan fingerprint density at radius 3 is 2.75 bits per heavy atom. The maximum atomic E-state index is 11.6. The average Bonchev–Trinajstić information content (AvgIpc) is 2.23. The van der Waals surface area contributed by atoms with E-state index in [1.807, 2.05) is 0 Å². The fraction of sp³-hybridized carbons (Fsp3) is 0.400. The van der Waals surface area contributed by atoms with Gasteiger partial charge in [0.15, 0.2) is 0 Å². The van der Waals surface area contributed by atoms with Crippen LogP contribution in [0.1, 0.15) is 40.4 Å². The molecule has 6 heteroatoms. The van der Waals surface area contributed by atoms with Gasteiger partial charge in [0, 0.05) is 12.2 Å². The molecule has 0 aromatic carbocycles. The van der Waals surface area contributed by atoms with Crippen LogP contribution in [-0.4, -0.2) is 33.0 Å². The molecule has 2 N–H and O–H groups in total. The summed E-state index contributed by atoms with van der Waals surface area (Å²) in [6.07, 6.45) is 4.34. The standard InChI is InChI=1S/C10H11N3O3/c14-9(12-6-2-1-3-6)7-4-5-11-8(13-7)10(15)16/h4-6H,1-3H2,(H,12,14)(H,15,16). The first kappa shape index (κ1) is 10.5. The molecule has 0 atom stereocenters. The Bertz CT molecular complexity index is 429. The van der Waals surface area contributed by atoms with Gasteiger partial charge in [0.05, 0.1) is 0 Å². The van der Waals surface area contributed by atoms with Gasteiger partial charge in [-0.15, -0.1) is 0 Å². The van der Waals surface area contributed by atoms with Gasteiger partial charge in [-0.05, 0) is 25.3 Å². The number of hydrogen-bond donors (Lipinski definition) is 2. The summed E-state index contributed by atoms with van der Waals surface area (Å²) in [5.74, 6) is -1.94. The first-order valence-corrected chi connectivity index (χ1v) is 5.04. The Balaban J connectivity index is 2.09. The lowest BCUT2D eigenvalue weighted by Gasteiger charge is -2.26. The van der Waals surface area contributed by atoms with Crippen LogP contribution in [0.5, 0.6) is 0 Å². The minimum Gasteiger partial charge on any atom is -0.475 e. The summed E-state index contributed by atoms with van der Waals surface area (Å²) in [4.78, 5) is 29.4. The molecule has 0 aliphatic heterocycles. The lowest BCUT2D eigenvalue weighted by molar-refractivity contribution is 0.0683. The summed E-state index contributed by atoms with van der Waals surface area (Å²) in [7, 11) is 0. The number of amides is 1. The molecule has 1 aliphatic rings. The van der Waals surface area contributed by atoms with Crippen LogP contribution in [0, 0.1) is 0 Å². The molecule has 1 aromatic rings. The highest BCUT2D eigenvalue weighted by atomic mass is 16.4. The van der Waals surface area contributed by atoms with Crippen molar-refractivity contribution >= 4 is 11.9 Å². The molecule has 1 amide bonds. The summed E-state index contributed by atoms with van der Waals surface area (Å²) in [6.45, 7) is 0. The number of nitrogens with one attached hydrogen (secondary N) is 1. The van der Waals surface area contributed by atoms with Gasteiger partial charge in [-0.1, -0.05) is 0 Å². The summed E-state index contributed by atoms with van der Waals surface area (Å²) < 4.78 is 0. The van der Waals surface area contributed by atoms with Crippen LogP contribution < -0.4 is 5.32 Å². The van der Waals surface area contributed by atoms with Gasteiger partial charge in [0.2, 0.25) is 5.82 Å². The van der Waals surface area contributed by atoms with Gasteiger partial charge in [0.25, 0.3) is 5.91 Å². The molecule has 2 rings (SSSR count). The van der Waals surface area contributed by atoms with Gasteiger partial charge in [-0.2, -0.15) is 0 Å². The smallest absolute Gasteiger partial charge is 0.373 e. The molecule has 16 heavy (non-hydrogen) atoms. The minimum atomic E-state index is -1.24. The van der Waals surface area contributed by atoms with Crippen LogP contribution in [-0.2, 0) is 0 Å². The maximum Gasteiger partial charge on any atom is 0.373 e. The van der Waals surface area contributed by atoms with Crippen molar-refractivity contribution < 1.29 is 14.7 Å². The topological polar surface area (TPSA) is 92.2 Å². The fourth-order valence-electron chi connectivity index (χ4n) is 1.40. The minimum absolute atomic E-state index is 0.0966. The van der Waals surface area contributed by atoms with Crippen LogP contribution in [0.15, 0.2) is 12.3 Å². The zero-order valence-electron chi connectivity index (χ0n) is 8.51. The van der Waals surface area contributed by atoms with Crippen molar-refractivity contribution in [3.8, 4) is 0 Å². The number of rotatable bonds is 3. The summed E-state index contributed by atoms with van der Waals surface area (Å²) in [5.41, 5.74) is 0.0966. The van der Waals surface area contributed by atoms with E-state index < -0.39 is 5.97 Å². The molecule has 1 saturated carbocycles. The Labute approximate surface area is 91.7 Å². The SMILES string of the molecule is O=C(NC1CCC1)c1ccnc(C(=O)O)n1. The number of carboxylic acid groups (broad SMARTS) is 1. The van der Waals surface area contributed by atoms with Crippen molar-refractivity contribution in [2.24, 2.45) is 0 Å². The van der Waals surface area contributed by atoms with Crippen molar-refractivity contribution in [1.82, 2.24) is 15.3 Å². The number of nitrogens with zero attached hydrogens (tertiary/aromatic N) is 2. The Hall–Kier alpha value is -1.98.